The highest BCUT2D eigenvalue weighted by Gasteiger charge is 2.49. The maximum Gasteiger partial charge on any atom is 0.471 e. The van der Waals surface area contributed by atoms with Gasteiger partial charge >= 0.3 is 12.1 Å². The molecule has 1 aliphatic heterocycles. The number of anilines is 1. The Balaban J connectivity index is 1.55. The monoisotopic (exact) mass is 782 g/mol. The van der Waals surface area contributed by atoms with E-state index in [4.69, 9.17) is 28.0 Å². The molecule has 20 heteroatoms. The molecule has 0 saturated carbocycles. The molecule has 16 nitrogen and oxygen atoms in total. The van der Waals surface area contributed by atoms with Crippen LogP contribution in [-0.2, 0) is 32.8 Å². The van der Waals surface area contributed by atoms with Crippen LogP contribution in [0, 0.1) is 11.3 Å². The first kappa shape index (κ1) is 42.9. The van der Waals surface area contributed by atoms with E-state index in [2.05, 4.69) is 31.0 Å². The van der Waals surface area contributed by atoms with Gasteiger partial charge in [-0.2, -0.15) is 18.4 Å². The van der Waals surface area contributed by atoms with Crippen LogP contribution in [0.15, 0.2) is 43.0 Å². The quantitative estimate of drug-likeness (QED) is 0.0828. The lowest BCUT2D eigenvalue weighted by atomic mass is 10.1. The molecule has 2 unspecified atom stereocenters. The third kappa shape index (κ3) is 11.6. The van der Waals surface area contributed by atoms with E-state index >= 15 is 0 Å². The van der Waals surface area contributed by atoms with Gasteiger partial charge in [0.25, 0.3) is 14.4 Å². The van der Waals surface area contributed by atoms with Crippen molar-refractivity contribution in [3.63, 3.8) is 0 Å². The molecule has 2 amide bonds. The summed E-state index contributed by atoms with van der Waals surface area (Å²) >= 11 is 0. The maximum atomic E-state index is 13.0. The molecule has 1 aliphatic rings. The van der Waals surface area contributed by atoms with Gasteiger partial charge in [-0.1, -0.05) is 25.1 Å². The fraction of sp³-hybridized carbons (Fsp3) is 0.588. The standard InChI is InChI=1S/C34H46F3N8O8P/c1-6-25-27(53-54(51-15-10-13-38)45(22(2)3)23(4)5)28(50-21-49-18-17-48-16-14-39-33(47)34(35,36)37)32(52-25)44-20-42-26-29(40-19-41-30(26)44)43-31(46)24-11-8-7-9-12-24/h7-9,11-12,19-20,22-23,25,27-28,32H,6,10,14-18,21H2,1-5H3,(H,39,47)(H,40,41,43,46)/t25-,27+,28?,32-,54?/m1/s1. The summed E-state index contributed by atoms with van der Waals surface area (Å²) < 4.78 is 77.7. The number of imidazole rings is 1. The molecule has 5 atom stereocenters. The minimum atomic E-state index is -4.97. The molecular weight excluding hydrogens is 736 g/mol. The van der Waals surface area contributed by atoms with Crippen LogP contribution in [0.1, 0.15) is 64.0 Å². The van der Waals surface area contributed by atoms with Gasteiger partial charge in [-0.25, -0.2) is 19.6 Å². The smallest absolute Gasteiger partial charge is 0.377 e. The fourth-order valence-electron chi connectivity index (χ4n) is 5.60. The molecule has 0 radical (unpaired) electrons. The SMILES string of the molecule is CC[C@H]1O[C@@H](n2cnc3c(NC(=O)c4ccccc4)ncnc32)C(OCOCCOCCNC(=O)C(F)(F)F)[C@H]1OP(OCCC#N)N(C(C)C)C(C)C. The van der Waals surface area contributed by atoms with Gasteiger partial charge in [-0.05, 0) is 46.2 Å². The molecule has 2 N–H and O–H groups in total. The Morgan fingerprint density at radius 2 is 1.76 bits per heavy atom. The van der Waals surface area contributed by atoms with Gasteiger partial charge in [0.05, 0.1) is 51.3 Å². The fourth-order valence-corrected chi connectivity index (χ4v) is 7.37. The highest BCUT2D eigenvalue weighted by Crippen LogP contribution is 2.51. The number of nitrogens with one attached hydrogen (secondary N) is 2. The van der Waals surface area contributed by atoms with Crippen molar-refractivity contribution in [2.24, 2.45) is 0 Å². The maximum absolute atomic E-state index is 13.0. The number of fused-ring (bicyclic) bond motifs is 1. The number of halogens is 3. The minimum Gasteiger partial charge on any atom is -0.377 e. The lowest BCUT2D eigenvalue weighted by molar-refractivity contribution is -0.173. The van der Waals surface area contributed by atoms with Gasteiger partial charge in [-0.3, -0.25) is 14.2 Å². The Bertz CT molecular complexity index is 1670. The minimum absolute atomic E-state index is 0.0175. The summed E-state index contributed by atoms with van der Waals surface area (Å²) in [6.45, 7) is 9.51. The zero-order chi connectivity index (χ0) is 39.3. The number of amides is 2. The number of aromatic nitrogens is 4. The van der Waals surface area contributed by atoms with Crippen molar-refractivity contribution in [3.05, 3.63) is 48.5 Å². The zero-order valence-electron chi connectivity index (χ0n) is 30.7. The molecule has 1 fully saturated rings. The Labute approximate surface area is 312 Å². The molecule has 1 aromatic carbocycles. The number of hydrogen-bond donors (Lipinski definition) is 2. The first-order valence-electron chi connectivity index (χ1n) is 17.4. The Morgan fingerprint density at radius 3 is 2.43 bits per heavy atom. The van der Waals surface area contributed by atoms with Gasteiger partial charge < -0.3 is 38.6 Å². The summed E-state index contributed by atoms with van der Waals surface area (Å²) in [5.41, 5.74) is 1.10. The van der Waals surface area contributed by atoms with Crippen LogP contribution in [0.25, 0.3) is 11.2 Å². The van der Waals surface area contributed by atoms with E-state index in [0.29, 0.717) is 23.1 Å². The summed E-state index contributed by atoms with van der Waals surface area (Å²) in [6.07, 6.45) is -4.35. The van der Waals surface area contributed by atoms with Crippen LogP contribution in [0.3, 0.4) is 0 Å². The van der Waals surface area contributed by atoms with Crippen LogP contribution in [0.4, 0.5) is 19.0 Å². The van der Waals surface area contributed by atoms with Gasteiger partial charge in [0, 0.05) is 24.2 Å². The largest absolute Gasteiger partial charge is 0.471 e. The molecule has 296 valence electrons. The van der Waals surface area contributed by atoms with Crippen molar-refractivity contribution in [3.8, 4) is 6.07 Å². The number of alkyl halides is 3. The van der Waals surface area contributed by atoms with Crippen molar-refractivity contribution >= 4 is 37.3 Å². The topological polar surface area (TPSA) is 184 Å². The van der Waals surface area contributed by atoms with Crippen molar-refractivity contribution in [1.29, 1.82) is 5.26 Å². The second kappa shape index (κ2) is 20.7. The molecule has 3 heterocycles. The van der Waals surface area contributed by atoms with E-state index in [9.17, 15) is 28.0 Å². The van der Waals surface area contributed by atoms with E-state index in [1.807, 2.05) is 34.6 Å². The van der Waals surface area contributed by atoms with E-state index in [-0.39, 0.29) is 70.0 Å². The van der Waals surface area contributed by atoms with Crippen LogP contribution < -0.4 is 10.6 Å². The number of nitriles is 1. The van der Waals surface area contributed by atoms with Gasteiger partial charge in [0.2, 0.25) is 0 Å². The average Bonchev–Trinajstić information content (AvgIpc) is 3.72. The van der Waals surface area contributed by atoms with E-state index in [1.165, 1.54) is 12.7 Å². The van der Waals surface area contributed by atoms with Crippen molar-refractivity contribution in [2.45, 2.75) is 90.3 Å². The van der Waals surface area contributed by atoms with Crippen LogP contribution in [-0.4, -0.2) is 112 Å². The molecule has 0 bridgehead atoms. The lowest BCUT2D eigenvalue weighted by Crippen LogP contribution is -2.40. The highest BCUT2D eigenvalue weighted by molar-refractivity contribution is 7.44. The predicted octanol–water partition coefficient (Wildman–Crippen LogP) is 5.10. The molecular formula is C34H46F3N8O8P. The molecule has 2 aromatic heterocycles. The molecule has 4 rings (SSSR count). The lowest BCUT2D eigenvalue weighted by Gasteiger charge is -2.38. The first-order chi connectivity index (χ1) is 25.9. The van der Waals surface area contributed by atoms with Gasteiger partial charge in [-0.15, -0.1) is 0 Å². The molecule has 3 aromatic rings. The summed E-state index contributed by atoms with van der Waals surface area (Å²) in [5.74, 6) is -2.22. The Kier molecular flexibility index (Phi) is 16.4. The van der Waals surface area contributed by atoms with E-state index in [1.54, 1.807) is 40.2 Å². The Morgan fingerprint density at radius 1 is 1.04 bits per heavy atom. The number of benzene rings is 1. The number of hydrogen-bond acceptors (Lipinski definition) is 13. The first-order valence-corrected chi connectivity index (χ1v) is 18.6. The number of carbonyl (C=O) groups excluding carboxylic acids is 2. The third-order valence-corrected chi connectivity index (χ3v) is 10.1. The molecule has 1 saturated heterocycles. The van der Waals surface area contributed by atoms with Crippen LogP contribution in [0.5, 0.6) is 0 Å². The normalized spacial score (nSPS) is 19.4. The second-order valence-corrected chi connectivity index (χ2v) is 13.9. The van der Waals surface area contributed by atoms with Crippen molar-refractivity contribution in [1.82, 2.24) is 29.5 Å². The predicted molar refractivity (Wildman–Crippen MR) is 190 cm³/mol. The van der Waals surface area contributed by atoms with Crippen molar-refractivity contribution < 1.29 is 50.8 Å². The van der Waals surface area contributed by atoms with Crippen molar-refractivity contribution in [2.75, 3.05) is 45.1 Å². The number of ether oxygens (including phenoxy) is 4. The van der Waals surface area contributed by atoms with E-state index in [0.717, 1.165) is 0 Å². The second-order valence-electron chi connectivity index (χ2n) is 12.5. The summed E-state index contributed by atoms with van der Waals surface area (Å²) in [4.78, 5) is 37.2. The summed E-state index contributed by atoms with van der Waals surface area (Å²) in [5, 5.41) is 13.7. The van der Waals surface area contributed by atoms with Gasteiger partial charge in [0.15, 0.2) is 23.2 Å². The highest BCUT2D eigenvalue weighted by atomic mass is 31.2. The number of nitrogens with zero attached hydrogens (tertiary/aromatic N) is 6. The van der Waals surface area contributed by atoms with Crippen LogP contribution >= 0.6 is 8.53 Å². The molecule has 0 spiro atoms. The molecule has 0 aliphatic carbocycles. The summed E-state index contributed by atoms with van der Waals surface area (Å²) in [7, 11) is -1.71. The van der Waals surface area contributed by atoms with Gasteiger partial charge in [0.1, 0.15) is 25.3 Å². The number of carbonyl (C=O) groups is 2. The van der Waals surface area contributed by atoms with Crippen LogP contribution in [0.2, 0.25) is 0 Å². The summed E-state index contributed by atoms with van der Waals surface area (Å²) in [6, 6.07) is 10.8. The molecule has 54 heavy (non-hydrogen) atoms. The zero-order valence-corrected chi connectivity index (χ0v) is 31.6. The van der Waals surface area contributed by atoms with E-state index < -0.39 is 45.1 Å². The third-order valence-electron chi connectivity index (χ3n) is 7.97. The average molecular weight is 783 g/mol. The number of rotatable bonds is 21. The Hall–Kier alpha value is -3.86.